The van der Waals surface area contributed by atoms with Gasteiger partial charge >= 0.3 is 0 Å². The first-order valence-electron chi connectivity index (χ1n) is 5.09. The van der Waals surface area contributed by atoms with Crippen LogP contribution >= 0.6 is 0 Å². The third-order valence-corrected chi connectivity index (χ3v) is 2.30. The number of carbonyl (C=O) groups excluding carboxylic acids is 1. The monoisotopic (exact) mass is 236 g/mol. The van der Waals surface area contributed by atoms with E-state index in [1.807, 2.05) is 0 Å². The molecule has 0 fully saturated rings. The largest absolute Gasteiger partial charge is 0.458 e. The lowest BCUT2D eigenvalue weighted by Crippen LogP contribution is -2.03. The van der Waals surface area contributed by atoms with Crippen molar-refractivity contribution in [3.8, 4) is 0 Å². The summed E-state index contributed by atoms with van der Waals surface area (Å²) in [4.78, 5) is 11.7. The summed E-state index contributed by atoms with van der Waals surface area (Å²) in [5.74, 6) is -0.860. The number of rotatable bonds is 3. The topological polar surface area (TPSA) is 30.2 Å². The fraction of sp³-hybridized carbons (Fsp3) is 0.154. The number of benzene rings is 1. The Morgan fingerprint density at radius 2 is 1.82 bits per heavy atom. The molecule has 1 aromatic heterocycles. The summed E-state index contributed by atoms with van der Waals surface area (Å²) < 4.78 is 31.0. The molecule has 0 aliphatic rings. The van der Waals surface area contributed by atoms with Gasteiger partial charge in [0.15, 0.2) is 5.76 Å². The van der Waals surface area contributed by atoms with Gasteiger partial charge in [0.1, 0.15) is 17.4 Å². The van der Waals surface area contributed by atoms with Gasteiger partial charge in [0.25, 0.3) is 0 Å². The average molecular weight is 236 g/mol. The molecule has 2 aromatic rings. The summed E-state index contributed by atoms with van der Waals surface area (Å²) in [6.07, 6.45) is -0.0817. The van der Waals surface area contributed by atoms with E-state index in [-0.39, 0.29) is 18.0 Å². The van der Waals surface area contributed by atoms with E-state index in [2.05, 4.69) is 0 Å². The minimum atomic E-state index is -0.691. The number of carbonyl (C=O) groups is 1. The molecular formula is C13H10F2O2. The van der Waals surface area contributed by atoms with Crippen LogP contribution in [0.2, 0.25) is 0 Å². The summed E-state index contributed by atoms with van der Waals surface area (Å²) >= 11 is 0. The van der Waals surface area contributed by atoms with Crippen LogP contribution in [0.1, 0.15) is 21.9 Å². The third kappa shape index (κ3) is 2.78. The van der Waals surface area contributed by atoms with Gasteiger partial charge in [-0.25, -0.2) is 8.78 Å². The summed E-state index contributed by atoms with van der Waals surface area (Å²) in [6.45, 7) is 1.72. The predicted octanol–water partition coefficient (Wildman–Crippen LogP) is 3.29. The first kappa shape index (κ1) is 11.5. The third-order valence-electron chi connectivity index (χ3n) is 2.30. The van der Waals surface area contributed by atoms with E-state index in [0.29, 0.717) is 11.3 Å². The second kappa shape index (κ2) is 4.49. The van der Waals surface area contributed by atoms with Crippen LogP contribution in [0, 0.1) is 18.6 Å². The zero-order chi connectivity index (χ0) is 12.4. The van der Waals surface area contributed by atoms with Gasteiger partial charge in [0.2, 0.25) is 5.78 Å². The maximum Gasteiger partial charge on any atom is 0.202 e. The van der Waals surface area contributed by atoms with Crippen LogP contribution in [0.15, 0.2) is 34.7 Å². The second-order valence-corrected chi connectivity index (χ2v) is 3.79. The first-order chi connectivity index (χ1) is 8.04. The quantitative estimate of drug-likeness (QED) is 0.765. The lowest BCUT2D eigenvalue weighted by Gasteiger charge is -2.00. The molecule has 88 valence electrons. The SMILES string of the molecule is Cc1ccc(C(=O)Cc2cc(F)cc(F)c2)o1. The number of hydrogen-bond acceptors (Lipinski definition) is 2. The van der Waals surface area contributed by atoms with Crippen molar-refractivity contribution in [2.24, 2.45) is 0 Å². The Morgan fingerprint density at radius 1 is 1.18 bits per heavy atom. The van der Waals surface area contributed by atoms with E-state index in [1.54, 1.807) is 19.1 Å². The van der Waals surface area contributed by atoms with E-state index in [1.165, 1.54) is 0 Å². The molecule has 0 aliphatic carbocycles. The van der Waals surface area contributed by atoms with Crippen molar-refractivity contribution >= 4 is 5.78 Å². The Labute approximate surface area is 96.9 Å². The summed E-state index contributed by atoms with van der Waals surface area (Å²) in [5, 5.41) is 0. The van der Waals surface area contributed by atoms with Crippen LogP contribution < -0.4 is 0 Å². The highest BCUT2D eigenvalue weighted by Crippen LogP contribution is 2.13. The molecule has 0 saturated heterocycles. The highest BCUT2D eigenvalue weighted by Gasteiger charge is 2.12. The minimum Gasteiger partial charge on any atom is -0.458 e. The van der Waals surface area contributed by atoms with Crippen molar-refractivity contribution in [1.29, 1.82) is 0 Å². The molecule has 4 heteroatoms. The minimum absolute atomic E-state index is 0.0817. The van der Waals surface area contributed by atoms with Gasteiger partial charge in [-0.3, -0.25) is 4.79 Å². The normalized spacial score (nSPS) is 10.5. The van der Waals surface area contributed by atoms with Gasteiger partial charge in [0, 0.05) is 12.5 Å². The summed E-state index contributed by atoms with van der Waals surface area (Å²) in [6, 6.07) is 6.26. The fourth-order valence-electron chi connectivity index (χ4n) is 1.57. The number of furan rings is 1. The predicted molar refractivity (Wildman–Crippen MR) is 57.8 cm³/mol. The molecule has 0 N–H and O–H groups in total. The number of Topliss-reactive ketones (excluding diaryl/α,β-unsaturated/α-hetero) is 1. The van der Waals surface area contributed by atoms with E-state index in [0.717, 1.165) is 18.2 Å². The Bertz CT molecular complexity index is 538. The standard InChI is InChI=1S/C13H10F2O2/c1-8-2-3-13(17-8)12(16)6-9-4-10(14)7-11(15)5-9/h2-5,7H,6H2,1H3. The number of ketones is 1. The van der Waals surface area contributed by atoms with Crippen LogP contribution in [0.4, 0.5) is 8.78 Å². The van der Waals surface area contributed by atoms with Gasteiger partial charge in [-0.15, -0.1) is 0 Å². The Kier molecular flexibility index (Phi) is 3.04. The van der Waals surface area contributed by atoms with Crippen molar-refractivity contribution in [3.05, 3.63) is 59.1 Å². The maximum absolute atomic E-state index is 12.9. The van der Waals surface area contributed by atoms with Crippen molar-refractivity contribution in [1.82, 2.24) is 0 Å². The Hall–Kier alpha value is -1.97. The van der Waals surface area contributed by atoms with Gasteiger partial charge < -0.3 is 4.42 Å². The number of hydrogen-bond donors (Lipinski definition) is 0. The molecule has 0 spiro atoms. The van der Waals surface area contributed by atoms with Crippen molar-refractivity contribution in [2.75, 3.05) is 0 Å². The second-order valence-electron chi connectivity index (χ2n) is 3.79. The number of halogens is 2. The van der Waals surface area contributed by atoms with Crippen molar-refractivity contribution in [2.45, 2.75) is 13.3 Å². The summed E-state index contributed by atoms with van der Waals surface area (Å²) in [5.41, 5.74) is 0.293. The van der Waals surface area contributed by atoms with Gasteiger partial charge in [-0.2, -0.15) is 0 Å². The van der Waals surface area contributed by atoms with E-state index in [9.17, 15) is 13.6 Å². The van der Waals surface area contributed by atoms with Crippen LogP contribution in [0.3, 0.4) is 0 Å². The van der Waals surface area contributed by atoms with E-state index >= 15 is 0 Å². The van der Waals surface area contributed by atoms with Crippen LogP contribution in [0.25, 0.3) is 0 Å². The molecule has 0 aliphatic heterocycles. The first-order valence-corrected chi connectivity index (χ1v) is 5.09. The smallest absolute Gasteiger partial charge is 0.202 e. The zero-order valence-corrected chi connectivity index (χ0v) is 9.17. The van der Waals surface area contributed by atoms with Crippen molar-refractivity contribution < 1.29 is 18.0 Å². The molecule has 0 amide bonds. The highest BCUT2D eigenvalue weighted by atomic mass is 19.1. The van der Waals surface area contributed by atoms with E-state index < -0.39 is 11.6 Å². The zero-order valence-electron chi connectivity index (χ0n) is 9.17. The molecule has 17 heavy (non-hydrogen) atoms. The Balaban J connectivity index is 2.18. The average Bonchev–Trinajstić information content (AvgIpc) is 2.63. The van der Waals surface area contributed by atoms with Gasteiger partial charge in [-0.1, -0.05) is 0 Å². The molecule has 0 unspecified atom stereocenters. The summed E-state index contributed by atoms with van der Waals surface area (Å²) in [7, 11) is 0. The maximum atomic E-state index is 12.9. The molecule has 0 bridgehead atoms. The van der Waals surface area contributed by atoms with Gasteiger partial charge in [0.05, 0.1) is 0 Å². The van der Waals surface area contributed by atoms with Crippen LogP contribution in [-0.4, -0.2) is 5.78 Å². The molecule has 0 atom stereocenters. The molecule has 1 aromatic carbocycles. The van der Waals surface area contributed by atoms with Crippen LogP contribution in [-0.2, 0) is 6.42 Å². The lowest BCUT2D eigenvalue weighted by molar-refractivity contribution is 0.0965. The van der Waals surface area contributed by atoms with Gasteiger partial charge in [-0.05, 0) is 36.8 Å². The molecule has 0 radical (unpaired) electrons. The van der Waals surface area contributed by atoms with E-state index in [4.69, 9.17) is 4.42 Å². The molecule has 2 rings (SSSR count). The highest BCUT2D eigenvalue weighted by molar-refractivity contribution is 5.95. The molecule has 0 saturated carbocycles. The van der Waals surface area contributed by atoms with Crippen LogP contribution in [0.5, 0.6) is 0 Å². The number of aryl methyl sites for hydroxylation is 1. The molecular weight excluding hydrogens is 226 g/mol. The molecule has 2 nitrogen and oxygen atoms in total. The van der Waals surface area contributed by atoms with Crippen molar-refractivity contribution in [3.63, 3.8) is 0 Å². The Morgan fingerprint density at radius 3 is 2.35 bits per heavy atom. The molecule has 1 heterocycles. The fourth-order valence-corrected chi connectivity index (χ4v) is 1.57. The lowest BCUT2D eigenvalue weighted by atomic mass is 10.1.